The van der Waals surface area contributed by atoms with E-state index >= 15 is 0 Å². The van der Waals surface area contributed by atoms with Crippen LogP contribution >= 0.6 is 0 Å². The molecular weight excluding hydrogens is 172 g/mol. The zero-order chi connectivity index (χ0) is 10.1. The molecule has 3 saturated carbocycles. The van der Waals surface area contributed by atoms with Gasteiger partial charge in [0.2, 0.25) is 0 Å². The molecule has 1 nitrogen and oxygen atoms in total. The average molecular weight is 190 g/mol. The summed E-state index contributed by atoms with van der Waals surface area (Å²) in [4.78, 5) is 11.8. The Labute approximate surface area is 85.6 Å². The highest BCUT2D eigenvalue weighted by Gasteiger charge is 2.77. The second-order valence-electron chi connectivity index (χ2n) is 6.24. The number of hydrogen-bond acceptors (Lipinski definition) is 1. The van der Waals surface area contributed by atoms with E-state index in [1.165, 1.54) is 6.42 Å². The van der Waals surface area contributed by atoms with Gasteiger partial charge in [-0.2, -0.15) is 0 Å². The van der Waals surface area contributed by atoms with Gasteiger partial charge >= 0.3 is 0 Å². The third-order valence-electron chi connectivity index (χ3n) is 4.89. The van der Waals surface area contributed by atoms with Gasteiger partial charge in [0.25, 0.3) is 0 Å². The van der Waals surface area contributed by atoms with E-state index in [4.69, 9.17) is 0 Å². The number of carbonyl (C=O) groups excluding carboxylic acids is 1. The summed E-state index contributed by atoms with van der Waals surface area (Å²) >= 11 is 0. The summed E-state index contributed by atoms with van der Waals surface area (Å²) in [6.45, 7) is 8.53. The van der Waals surface area contributed by atoms with Crippen LogP contribution in [0.1, 0.15) is 33.1 Å². The van der Waals surface area contributed by atoms with Crippen LogP contribution in [-0.4, -0.2) is 5.78 Å². The summed E-state index contributed by atoms with van der Waals surface area (Å²) in [5, 5.41) is 0. The van der Waals surface area contributed by atoms with Crippen molar-refractivity contribution in [1.29, 1.82) is 0 Å². The van der Waals surface area contributed by atoms with Gasteiger partial charge in [0.15, 0.2) is 0 Å². The Balaban J connectivity index is 2.01. The minimum absolute atomic E-state index is 0.331. The highest BCUT2D eigenvalue weighted by molar-refractivity contribution is 5.89. The molecule has 0 N–H and O–H groups in total. The molecule has 0 aromatic heterocycles. The van der Waals surface area contributed by atoms with Gasteiger partial charge in [-0.15, -0.1) is 6.58 Å². The van der Waals surface area contributed by atoms with E-state index < -0.39 is 0 Å². The lowest BCUT2D eigenvalue weighted by Gasteiger charge is -2.29. The maximum absolute atomic E-state index is 11.8. The molecule has 0 heterocycles. The second kappa shape index (κ2) is 2.15. The van der Waals surface area contributed by atoms with Crippen molar-refractivity contribution < 1.29 is 4.79 Å². The van der Waals surface area contributed by atoms with Crippen molar-refractivity contribution in [2.24, 2.45) is 28.6 Å². The third kappa shape index (κ3) is 0.757. The summed E-state index contributed by atoms with van der Waals surface area (Å²) < 4.78 is 0. The van der Waals surface area contributed by atoms with E-state index in [0.29, 0.717) is 28.4 Å². The Morgan fingerprint density at radius 1 is 1.50 bits per heavy atom. The van der Waals surface area contributed by atoms with Crippen molar-refractivity contribution in [1.82, 2.24) is 0 Å². The van der Waals surface area contributed by atoms with Gasteiger partial charge in [-0.3, -0.25) is 4.79 Å². The van der Waals surface area contributed by atoms with Crippen LogP contribution in [0.25, 0.3) is 0 Å². The third-order valence-corrected chi connectivity index (χ3v) is 4.89. The number of carbonyl (C=O) groups is 1. The largest absolute Gasteiger partial charge is 0.299 e. The van der Waals surface area contributed by atoms with Crippen molar-refractivity contribution in [3.63, 3.8) is 0 Å². The van der Waals surface area contributed by atoms with E-state index in [1.54, 1.807) is 0 Å². The normalized spacial score (nSPS) is 51.9. The standard InChI is InChI=1S/C13H18O/c1-4-5-13-6-8(14)9-10(11(9)13)12(2,3)7-13/h4,9-11H,1,5-7H2,2-3H3/t9?,10?,11-,13+/m1/s1. The minimum atomic E-state index is 0.331. The lowest BCUT2D eigenvalue weighted by Crippen LogP contribution is -2.20. The molecule has 0 spiro atoms. The smallest absolute Gasteiger partial charge is 0.137 e. The van der Waals surface area contributed by atoms with Gasteiger partial charge in [0.05, 0.1) is 0 Å². The molecule has 4 atom stereocenters. The predicted octanol–water partition coefficient (Wildman–Crippen LogP) is 2.81. The van der Waals surface area contributed by atoms with Gasteiger partial charge in [-0.05, 0) is 35.5 Å². The summed E-state index contributed by atoms with van der Waals surface area (Å²) in [5.41, 5.74) is 0.738. The van der Waals surface area contributed by atoms with Crippen molar-refractivity contribution in [3.8, 4) is 0 Å². The van der Waals surface area contributed by atoms with Gasteiger partial charge in [-0.1, -0.05) is 19.9 Å². The van der Waals surface area contributed by atoms with Gasteiger partial charge < -0.3 is 0 Å². The molecule has 0 bridgehead atoms. The quantitative estimate of drug-likeness (QED) is 0.612. The summed E-state index contributed by atoms with van der Waals surface area (Å²) in [6, 6.07) is 0. The Morgan fingerprint density at radius 2 is 2.21 bits per heavy atom. The molecule has 0 amide bonds. The Bertz CT molecular complexity index is 328. The van der Waals surface area contributed by atoms with Crippen LogP contribution in [0, 0.1) is 28.6 Å². The zero-order valence-electron chi connectivity index (χ0n) is 9.05. The van der Waals surface area contributed by atoms with E-state index in [0.717, 1.165) is 18.8 Å². The highest BCUT2D eigenvalue weighted by atomic mass is 16.1. The Kier molecular flexibility index (Phi) is 1.34. The molecule has 0 aromatic carbocycles. The minimum Gasteiger partial charge on any atom is -0.299 e. The number of Topliss-reactive ketones (excluding diaryl/α,β-unsaturated/α-hetero) is 1. The van der Waals surface area contributed by atoms with Crippen LogP contribution in [0.2, 0.25) is 0 Å². The molecule has 76 valence electrons. The van der Waals surface area contributed by atoms with Crippen LogP contribution in [0.3, 0.4) is 0 Å². The van der Waals surface area contributed by atoms with Crippen LogP contribution in [-0.2, 0) is 4.79 Å². The zero-order valence-corrected chi connectivity index (χ0v) is 9.05. The maximum Gasteiger partial charge on any atom is 0.137 e. The predicted molar refractivity (Wildman–Crippen MR) is 55.7 cm³/mol. The van der Waals surface area contributed by atoms with E-state index in [9.17, 15) is 4.79 Å². The van der Waals surface area contributed by atoms with Crippen LogP contribution in [0.5, 0.6) is 0 Å². The Hall–Kier alpha value is -0.590. The maximum atomic E-state index is 11.8. The van der Waals surface area contributed by atoms with E-state index in [-0.39, 0.29) is 0 Å². The van der Waals surface area contributed by atoms with Crippen molar-refractivity contribution in [3.05, 3.63) is 12.7 Å². The summed E-state index contributed by atoms with van der Waals surface area (Å²) in [7, 11) is 0. The van der Waals surface area contributed by atoms with Gasteiger partial charge in [-0.25, -0.2) is 0 Å². The van der Waals surface area contributed by atoms with Gasteiger partial charge in [0, 0.05) is 12.3 Å². The van der Waals surface area contributed by atoms with Crippen LogP contribution < -0.4 is 0 Å². The van der Waals surface area contributed by atoms with Crippen molar-refractivity contribution >= 4 is 5.78 Å². The molecule has 3 rings (SSSR count). The highest BCUT2D eigenvalue weighted by Crippen LogP contribution is 2.79. The molecule has 3 aliphatic carbocycles. The molecular formula is C13H18O. The number of fused-ring (bicyclic) bond motifs is 1. The number of hydrogen-bond donors (Lipinski definition) is 0. The van der Waals surface area contributed by atoms with Gasteiger partial charge in [0.1, 0.15) is 5.78 Å². The summed E-state index contributed by atoms with van der Waals surface area (Å²) in [5.74, 6) is 2.43. The van der Waals surface area contributed by atoms with E-state index in [1.807, 2.05) is 6.08 Å². The topological polar surface area (TPSA) is 17.1 Å². The molecule has 0 aliphatic heterocycles. The second-order valence-corrected chi connectivity index (χ2v) is 6.24. The number of rotatable bonds is 2. The first-order valence-electron chi connectivity index (χ1n) is 5.65. The lowest BCUT2D eigenvalue weighted by molar-refractivity contribution is -0.120. The number of ketones is 1. The fraction of sp³-hybridized carbons (Fsp3) is 0.769. The molecule has 2 unspecified atom stereocenters. The molecule has 14 heavy (non-hydrogen) atoms. The fourth-order valence-electron chi connectivity index (χ4n) is 4.80. The van der Waals surface area contributed by atoms with Crippen LogP contribution in [0.15, 0.2) is 12.7 Å². The molecule has 0 aromatic rings. The average Bonchev–Trinajstić information content (AvgIpc) is 2.67. The molecule has 1 heteroatoms. The molecule has 0 saturated heterocycles. The monoisotopic (exact) mass is 190 g/mol. The Morgan fingerprint density at radius 3 is 2.79 bits per heavy atom. The first kappa shape index (κ1) is 8.70. The number of allylic oxidation sites excluding steroid dienone is 1. The van der Waals surface area contributed by atoms with E-state index in [2.05, 4.69) is 20.4 Å². The molecule has 3 aliphatic rings. The lowest BCUT2D eigenvalue weighted by atomic mass is 9.75. The van der Waals surface area contributed by atoms with Crippen molar-refractivity contribution in [2.75, 3.05) is 0 Å². The van der Waals surface area contributed by atoms with Crippen LogP contribution in [0.4, 0.5) is 0 Å². The van der Waals surface area contributed by atoms with Crippen molar-refractivity contribution in [2.45, 2.75) is 33.1 Å². The first-order valence-corrected chi connectivity index (χ1v) is 5.65. The first-order chi connectivity index (χ1) is 6.52. The molecule has 3 fully saturated rings. The fourth-order valence-corrected chi connectivity index (χ4v) is 4.80. The molecule has 0 radical (unpaired) electrons. The summed E-state index contributed by atoms with van der Waals surface area (Å²) in [6.07, 6.45) is 5.16. The SMILES string of the molecule is C=CC[C@@]12CC(=O)C3C([C@@H]31)C(C)(C)C2.